The molecule has 2 heterocycles. The standard InChI is InChI=1S/C11H7N5OS2/c17-11(10-6-19-16-14-10)12-8-3-1-7(2-4-8)9-5-18-15-13-9/h1-6H,(H,12,17). The molecular weight excluding hydrogens is 282 g/mol. The van der Waals surface area contributed by atoms with Gasteiger partial charge in [0.25, 0.3) is 5.91 Å². The van der Waals surface area contributed by atoms with Crippen LogP contribution in [0.1, 0.15) is 10.5 Å². The molecule has 1 N–H and O–H groups in total. The first-order valence-electron chi connectivity index (χ1n) is 5.29. The number of aromatic nitrogens is 4. The second-order valence-corrected chi connectivity index (χ2v) is 4.83. The van der Waals surface area contributed by atoms with E-state index in [1.165, 1.54) is 11.5 Å². The fourth-order valence-corrected chi connectivity index (χ4v) is 2.37. The maximum absolute atomic E-state index is 11.8. The summed E-state index contributed by atoms with van der Waals surface area (Å²) in [5.74, 6) is -0.267. The van der Waals surface area contributed by atoms with Gasteiger partial charge in [0.15, 0.2) is 5.69 Å². The Kier molecular flexibility index (Phi) is 3.25. The molecule has 0 radical (unpaired) electrons. The maximum atomic E-state index is 11.8. The number of nitrogens with zero attached hydrogens (tertiary/aromatic N) is 4. The molecule has 0 unspecified atom stereocenters. The van der Waals surface area contributed by atoms with Gasteiger partial charge in [0.1, 0.15) is 5.69 Å². The molecular formula is C11H7N5OS2. The number of hydrogen-bond acceptors (Lipinski definition) is 7. The van der Waals surface area contributed by atoms with E-state index in [-0.39, 0.29) is 5.91 Å². The number of carbonyl (C=O) groups is 1. The molecule has 2 aromatic heterocycles. The van der Waals surface area contributed by atoms with Crippen molar-refractivity contribution >= 4 is 34.7 Å². The van der Waals surface area contributed by atoms with Crippen molar-refractivity contribution in [3.8, 4) is 11.3 Å². The average Bonchev–Trinajstić information content (AvgIpc) is 3.13. The molecule has 0 bridgehead atoms. The Bertz CT molecular complexity index is 664. The molecule has 3 rings (SSSR count). The second-order valence-electron chi connectivity index (χ2n) is 3.61. The quantitative estimate of drug-likeness (QED) is 0.800. The van der Waals surface area contributed by atoms with Crippen molar-refractivity contribution < 1.29 is 4.79 Å². The summed E-state index contributed by atoms with van der Waals surface area (Å²) >= 11 is 2.45. The summed E-state index contributed by atoms with van der Waals surface area (Å²) in [5.41, 5.74) is 2.80. The average molecular weight is 289 g/mol. The normalized spacial score (nSPS) is 10.3. The van der Waals surface area contributed by atoms with Crippen molar-refractivity contribution in [1.29, 1.82) is 0 Å². The third kappa shape index (κ3) is 2.64. The summed E-state index contributed by atoms with van der Waals surface area (Å²) in [7, 11) is 0. The largest absolute Gasteiger partial charge is 0.321 e. The number of amides is 1. The highest BCUT2D eigenvalue weighted by Gasteiger charge is 2.09. The molecule has 0 aliphatic carbocycles. The van der Waals surface area contributed by atoms with E-state index in [0.29, 0.717) is 11.4 Å². The van der Waals surface area contributed by atoms with Gasteiger partial charge in [-0.2, -0.15) is 0 Å². The van der Waals surface area contributed by atoms with E-state index >= 15 is 0 Å². The minimum absolute atomic E-state index is 0.267. The Morgan fingerprint density at radius 2 is 1.74 bits per heavy atom. The zero-order chi connectivity index (χ0) is 13.1. The molecule has 8 heteroatoms. The van der Waals surface area contributed by atoms with Crippen molar-refractivity contribution in [2.75, 3.05) is 5.32 Å². The van der Waals surface area contributed by atoms with E-state index in [4.69, 9.17) is 0 Å². The number of benzene rings is 1. The van der Waals surface area contributed by atoms with Crippen LogP contribution in [0.4, 0.5) is 5.69 Å². The van der Waals surface area contributed by atoms with E-state index in [2.05, 4.69) is 24.5 Å². The van der Waals surface area contributed by atoms with Gasteiger partial charge in [-0.1, -0.05) is 21.1 Å². The molecule has 1 amide bonds. The van der Waals surface area contributed by atoms with Gasteiger partial charge >= 0.3 is 0 Å². The van der Waals surface area contributed by atoms with Crippen molar-refractivity contribution in [1.82, 2.24) is 19.2 Å². The first-order valence-corrected chi connectivity index (χ1v) is 6.96. The molecule has 0 spiro atoms. The van der Waals surface area contributed by atoms with Crippen molar-refractivity contribution in [2.24, 2.45) is 0 Å². The van der Waals surface area contributed by atoms with Crippen LogP contribution in [-0.4, -0.2) is 25.1 Å². The van der Waals surface area contributed by atoms with Crippen LogP contribution >= 0.6 is 23.1 Å². The highest BCUT2D eigenvalue weighted by atomic mass is 32.1. The minimum Gasteiger partial charge on any atom is -0.321 e. The van der Waals surface area contributed by atoms with Crippen LogP contribution in [0.5, 0.6) is 0 Å². The Labute approximate surface area is 116 Å². The lowest BCUT2D eigenvalue weighted by atomic mass is 10.1. The topological polar surface area (TPSA) is 80.7 Å². The molecule has 3 aromatic rings. The molecule has 0 saturated heterocycles. The summed E-state index contributed by atoms with van der Waals surface area (Å²) in [4.78, 5) is 11.8. The monoisotopic (exact) mass is 289 g/mol. The van der Waals surface area contributed by atoms with Gasteiger partial charge in [-0.15, -0.1) is 10.2 Å². The Balaban J connectivity index is 1.75. The van der Waals surface area contributed by atoms with Gasteiger partial charge < -0.3 is 5.32 Å². The van der Waals surface area contributed by atoms with Crippen molar-refractivity contribution in [3.05, 3.63) is 40.7 Å². The van der Waals surface area contributed by atoms with Gasteiger partial charge in [0.05, 0.1) is 0 Å². The van der Waals surface area contributed by atoms with Crippen LogP contribution in [0.15, 0.2) is 35.0 Å². The molecule has 0 aliphatic heterocycles. The summed E-state index contributed by atoms with van der Waals surface area (Å²) in [5, 5.41) is 13.9. The van der Waals surface area contributed by atoms with E-state index in [1.807, 2.05) is 29.6 Å². The fourth-order valence-electron chi connectivity index (χ4n) is 1.47. The van der Waals surface area contributed by atoms with Crippen LogP contribution in [0.25, 0.3) is 11.3 Å². The molecule has 19 heavy (non-hydrogen) atoms. The molecule has 1 aromatic carbocycles. The molecule has 0 aliphatic rings. The number of anilines is 1. The Morgan fingerprint density at radius 3 is 2.37 bits per heavy atom. The second kappa shape index (κ2) is 5.21. The third-order valence-electron chi connectivity index (χ3n) is 2.39. The highest BCUT2D eigenvalue weighted by molar-refractivity contribution is 7.03. The van der Waals surface area contributed by atoms with Crippen LogP contribution in [0, 0.1) is 0 Å². The zero-order valence-corrected chi connectivity index (χ0v) is 11.1. The van der Waals surface area contributed by atoms with Gasteiger partial charge in [-0.25, -0.2) is 0 Å². The van der Waals surface area contributed by atoms with Gasteiger partial charge in [-0.3, -0.25) is 4.79 Å². The fraction of sp³-hybridized carbons (Fsp3) is 0. The summed E-state index contributed by atoms with van der Waals surface area (Å²) in [6.07, 6.45) is 0. The highest BCUT2D eigenvalue weighted by Crippen LogP contribution is 2.20. The lowest BCUT2D eigenvalue weighted by Crippen LogP contribution is -2.12. The number of rotatable bonds is 3. The molecule has 0 atom stereocenters. The van der Waals surface area contributed by atoms with Gasteiger partial charge in [0, 0.05) is 22.0 Å². The van der Waals surface area contributed by atoms with E-state index < -0.39 is 0 Å². The van der Waals surface area contributed by atoms with Crippen LogP contribution in [0.3, 0.4) is 0 Å². The third-order valence-corrected chi connectivity index (χ3v) is 3.40. The molecule has 0 saturated carbocycles. The van der Waals surface area contributed by atoms with Crippen LogP contribution < -0.4 is 5.32 Å². The first kappa shape index (κ1) is 11.9. The van der Waals surface area contributed by atoms with Crippen molar-refractivity contribution in [3.63, 3.8) is 0 Å². The predicted octanol–water partition coefficient (Wildman–Crippen LogP) is 2.31. The number of nitrogens with one attached hydrogen (secondary N) is 1. The predicted molar refractivity (Wildman–Crippen MR) is 73.2 cm³/mol. The minimum atomic E-state index is -0.267. The van der Waals surface area contributed by atoms with Crippen molar-refractivity contribution in [2.45, 2.75) is 0 Å². The Hall–Kier alpha value is -2.19. The van der Waals surface area contributed by atoms with Crippen LogP contribution in [0.2, 0.25) is 0 Å². The summed E-state index contributed by atoms with van der Waals surface area (Å²) < 4.78 is 7.46. The summed E-state index contributed by atoms with van der Waals surface area (Å²) in [6, 6.07) is 7.38. The lowest BCUT2D eigenvalue weighted by Gasteiger charge is -2.03. The maximum Gasteiger partial charge on any atom is 0.277 e. The van der Waals surface area contributed by atoms with Crippen LogP contribution in [-0.2, 0) is 0 Å². The molecule has 94 valence electrons. The van der Waals surface area contributed by atoms with E-state index in [9.17, 15) is 4.79 Å². The number of carbonyl (C=O) groups excluding carboxylic acids is 1. The van der Waals surface area contributed by atoms with E-state index in [1.54, 1.807) is 5.38 Å². The SMILES string of the molecule is O=C(Nc1ccc(-c2csnn2)cc1)c1csnn1. The van der Waals surface area contributed by atoms with Gasteiger partial charge in [0.2, 0.25) is 0 Å². The molecule has 0 fully saturated rings. The zero-order valence-electron chi connectivity index (χ0n) is 9.48. The summed E-state index contributed by atoms with van der Waals surface area (Å²) in [6.45, 7) is 0. The lowest BCUT2D eigenvalue weighted by molar-refractivity contribution is 0.102. The first-order chi connectivity index (χ1) is 9.33. The number of hydrogen-bond donors (Lipinski definition) is 1. The molecule has 6 nitrogen and oxygen atoms in total. The smallest absolute Gasteiger partial charge is 0.277 e. The van der Waals surface area contributed by atoms with E-state index in [0.717, 1.165) is 22.8 Å². The van der Waals surface area contributed by atoms with Gasteiger partial charge in [-0.05, 0) is 35.2 Å². The Morgan fingerprint density at radius 1 is 1.00 bits per heavy atom.